The smallest absolute Gasteiger partial charge is 0.355 e. The van der Waals surface area contributed by atoms with Gasteiger partial charge in [0.25, 0.3) is 0 Å². The van der Waals surface area contributed by atoms with E-state index >= 15 is 0 Å². The number of methoxy groups -OCH3 is 2. The molecular formula is C23H24N2O6. The molecule has 1 saturated heterocycles. The molecule has 3 rings (SSSR count). The van der Waals surface area contributed by atoms with Crippen LogP contribution in [0.25, 0.3) is 0 Å². The van der Waals surface area contributed by atoms with Gasteiger partial charge in [-0.1, -0.05) is 25.1 Å². The number of piperidine rings is 1. The zero-order valence-electron chi connectivity index (χ0n) is 17.6. The Morgan fingerprint density at radius 1 is 1.06 bits per heavy atom. The highest BCUT2D eigenvalue weighted by molar-refractivity contribution is 6.05. The van der Waals surface area contributed by atoms with Gasteiger partial charge in [0, 0.05) is 18.3 Å². The number of nitrogens with one attached hydrogen (secondary N) is 1. The number of carbonyl (C=O) groups excluding carboxylic acids is 4. The van der Waals surface area contributed by atoms with E-state index in [0.717, 1.165) is 5.56 Å². The number of imide groups is 1. The molecule has 31 heavy (non-hydrogen) atoms. The van der Waals surface area contributed by atoms with Crippen LogP contribution < -0.4 is 10.2 Å². The molecule has 0 bridgehead atoms. The summed E-state index contributed by atoms with van der Waals surface area (Å²) < 4.78 is 9.72. The Morgan fingerprint density at radius 3 is 2.32 bits per heavy atom. The maximum atomic E-state index is 12.6. The van der Waals surface area contributed by atoms with Crippen molar-refractivity contribution in [1.82, 2.24) is 5.32 Å². The minimum atomic E-state index is -0.791. The van der Waals surface area contributed by atoms with E-state index in [1.807, 2.05) is 6.92 Å². The van der Waals surface area contributed by atoms with Crippen molar-refractivity contribution in [3.8, 4) is 0 Å². The molecule has 2 amide bonds. The van der Waals surface area contributed by atoms with Gasteiger partial charge in [0.1, 0.15) is 5.70 Å². The monoisotopic (exact) mass is 424 g/mol. The second-order valence-electron chi connectivity index (χ2n) is 7.18. The predicted molar refractivity (Wildman–Crippen MR) is 113 cm³/mol. The second-order valence-corrected chi connectivity index (χ2v) is 7.18. The quantitative estimate of drug-likeness (QED) is 0.571. The summed E-state index contributed by atoms with van der Waals surface area (Å²) in [7, 11) is 2.47. The number of amides is 2. The zero-order chi connectivity index (χ0) is 22.6. The number of hydrogen-bond donors (Lipinski definition) is 1. The van der Waals surface area contributed by atoms with Gasteiger partial charge in [-0.2, -0.15) is 0 Å². The van der Waals surface area contributed by atoms with Gasteiger partial charge in [0.05, 0.1) is 25.2 Å². The van der Waals surface area contributed by atoms with Crippen LogP contribution in [0, 0.1) is 0 Å². The summed E-state index contributed by atoms with van der Waals surface area (Å²) in [5.74, 6) is -1.94. The Hall–Kier alpha value is -3.68. The van der Waals surface area contributed by atoms with Crippen molar-refractivity contribution in [2.45, 2.75) is 31.6 Å². The summed E-state index contributed by atoms with van der Waals surface area (Å²) >= 11 is 0. The molecular weight excluding hydrogens is 400 g/mol. The number of allylic oxidation sites excluding steroid dienone is 2. The first kappa shape index (κ1) is 22.0. The van der Waals surface area contributed by atoms with E-state index in [4.69, 9.17) is 9.47 Å². The highest BCUT2D eigenvalue weighted by Crippen LogP contribution is 2.37. The van der Waals surface area contributed by atoms with E-state index in [1.54, 1.807) is 42.6 Å². The Morgan fingerprint density at radius 2 is 1.74 bits per heavy atom. The fourth-order valence-electron chi connectivity index (χ4n) is 3.87. The highest BCUT2D eigenvalue weighted by atomic mass is 16.5. The van der Waals surface area contributed by atoms with E-state index in [0.29, 0.717) is 18.5 Å². The fourth-order valence-corrected chi connectivity index (χ4v) is 3.87. The second kappa shape index (κ2) is 8.99. The van der Waals surface area contributed by atoms with E-state index < -0.39 is 17.4 Å². The summed E-state index contributed by atoms with van der Waals surface area (Å²) in [5.41, 5.74) is 0.638. The molecule has 0 aromatic heterocycles. The van der Waals surface area contributed by atoms with Gasteiger partial charge >= 0.3 is 11.9 Å². The first-order valence-electron chi connectivity index (χ1n) is 9.87. The summed E-state index contributed by atoms with van der Waals surface area (Å²) in [6, 6.07) is 7.11. The maximum absolute atomic E-state index is 12.6. The lowest BCUT2D eigenvalue weighted by molar-refractivity contribution is -0.139. The molecule has 0 aliphatic carbocycles. The number of anilines is 1. The van der Waals surface area contributed by atoms with Crippen molar-refractivity contribution in [2.24, 2.45) is 0 Å². The molecule has 1 aromatic carbocycles. The average Bonchev–Trinajstić information content (AvgIpc) is 3.02. The van der Waals surface area contributed by atoms with Gasteiger partial charge < -0.3 is 14.4 Å². The minimum Gasteiger partial charge on any atom is -0.465 e. The van der Waals surface area contributed by atoms with Gasteiger partial charge in [-0.25, -0.2) is 9.59 Å². The van der Waals surface area contributed by atoms with Crippen LogP contribution in [0.3, 0.4) is 0 Å². The number of ether oxygens (including phenoxy) is 2. The molecule has 8 nitrogen and oxygen atoms in total. The van der Waals surface area contributed by atoms with Crippen LogP contribution in [0.15, 0.2) is 60.0 Å². The Balaban J connectivity index is 2.04. The first-order chi connectivity index (χ1) is 14.9. The molecule has 1 N–H and O–H groups in total. The summed E-state index contributed by atoms with van der Waals surface area (Å²) in [6.07, 6.45) is 7.67. The van der Waals surface area contributed by atoms with Gasteiger partial charge in [0.2, 0.25) is 11.8 Å². The molecule has 162 valence electrons. The topological polar surface area (TPSA) is 102 Å². The Bertz CT molecular complexity index is 1010. The third kappa shape index (κ3) is 4.01. The fraction of sp³-hybridized carbons (Fsp3) is 0.304. The predicted octanol–water partition coefficient (Wildman–Crippen LogP) is 2.26. The number of hydrogen-bond acceptors (Lipinski definition) is 7. The number of esters is 2. The van der Waals surface area contributed by atoms with Crippen molar-refractivity contribution in [3.05, 3.63) is 65.5 Å². The van der Waals surface area contributed by atoms with Gasteiger partial charge in [-0.15, -0.1) is 0 Å². The van der Waals surface area contributed by atoms with Gasteiger partial charge in [0.15, 0.2) is 0 Å². The maximum Gasteiger partial charge on any atom is 0.355 e. The number of rotatable bonds is 5. The van der Waals surface area contributed by atoms with E-state index in [2.05, 4.69) is 5.32 Å². The molecule has 0 spiro atoms. The third-order valence-electron chi connectivity index (χ3n) is 5.66. The van der Waals surface area contributed by atoms with E-state index in [1.165, 1.54) is 25.2 Å². The molecule has 1 unspecified atom stereocenters. The van der Waals surface area contributed by atoms with Crippen LogP contribution in [0.5, 0.6) is 0 Å². The number of carbonyl (C=O) groups is 4. The van der Waals surface area contributed by atoms with E-state index in [-0.39, 0.29) is 29.5 Å². The molecule has 1 atom stereocenters. The first-order valence-corrected chi connectivity index (χ1v) is 9.87. The third-order valence-corrected chi connectivity index (χ3v) is 5.66. The van der Waals surface area contributed by atoms with Gasteiger partial charge in [-0.3, -0.25) is 14.9 Å². The molecule has 8 heteroatoms. The van der Waals surface area contributed by atoms with Gasteiger partial charge in [-0.05, 0) is 42.7 Å². The molecule has 1 aromatic rings. The van der Waals surface area contributed by atoms with Crippen molar-refractivity contribution >= 4 is 29.4 Å². The molecule has 1 fully saturated rings. The van der Waals surface area contributed by atoms with Crippen molar-refractivity contribution < 1.29 is 28.7 Å². The zero-order valence-corrected chi connectivity index (χ0v) is 17.6. The van der Waals surface area contributed by atoms with Crippen LogP contribution in [0.4, 0.5) is 5.69 Å². The molecule has 0 saturated carbocycles. The summed E-state index contributed by atoms with van der Waals surface area (Å²) in [4.78, 5) is 50.6. The lowest BCUT2D eigenvalue weighted by Crippen LogP contribution is -2.51. The lowest BCUT2D eigenvalue weighted by atomic mass is 9.72. The number of benzene rings is 1. The summed E-state index contributed by atoms with van der Waals surface area (Å²) in [6.45, 7) is 1.91. The molecule has 2 aliphatic heterocycles. The SMILES string of the molecule is CCC1(c2ccc(N3C=CC=CC(C(=O)OC)=C3C(=O)OC)cc2)CCC(=O)NC1=O. The van der Waals surface area contributed by atoms with Crippen LogP contribution in [-0.2, 0) is 34.1 Å². The van der Waals surface area contributed by atoms with E-state index in [9.17, 15) is 19.2 Å². The van der Waals surface area contributed by atoms with Crippen molar-refractivity contribution in [2.75, 3.05) is 19.1 Å². The van der Waals surface area contributed by atoms with Crippen LogP contribution >= 0.6 is 0 Å². The summed E-state index contributed by atoms with van der Waals surface area (Å²) in [5, 5.41) is 2.43. The largest absolute Gasteiger partial charge is 0.465 e. The molecule has 2 heterocycles. The Kier molecular flexibility index (Phi) is 6.39. The van der Waals surface area contributed by atoms with Crippen LogP contribution in [-0.4, -0.2) is 38.0 Å². The number of nitrogens with zero attached hydrogens (tertiary/aromatic N) is 1. The molecule has 2 aliphatic rings. The Labute approximate surface area is 180 Å². The van der Waals surface area contributed by atoms with Crippen molar-refractivity contribution in [1.29, 1.82) is 0 Å². The lowest BCUT2D eigenvalue weighted by Gasteiger charge is -2.35. The standard InChI is InChI=1S/C23H24N2O6/c1-4-23(13-12-18(26)24-22(23)29)15-8-10-16(11-9-15)25-14-6-5-7-17(20(27)30-2)19(25)21(28)31-3/h5-11,14H,4,12-13H2,1-3H3,(H,24,26,29). The average molecular weight is 424 g/mol. The highest BCUT2D eigenvalue weighted by Gasteiger charge is 2.42. The normalized spacial score (nSPS) is 20.9. The minimum absolute atomic E-state index is 0.0123. The van der Waals surface area contributed by atoms with Crippen LogP contribution in [0.1, 0.15) is 31.7 Å². The molecule has 0 radical (unpaired) electrons. The van der Waals surface area contributed by atoms with Crippen molar-refractivity contribution in [3.63, 3.8) is 0 Å². The van der Waals surface area contributed by atoms with Crippen LogP contribution in [0.2, 0.25) is 0 Å².